The van der Waals surface area contributed by atoms with E-state index < -0.39 is 0 Å². The van der Waals surface area contributed by atoms with E-state index >= 15 is 0 Å². The number of hydrogen-bond donors (Lipinski definition) is 0. The molecule has 3 heteroatoms. The molecule has 1 rings (SSSR count). The minimum absolute atomic E-state index is 0.942. The lowest BCUT2D eigenvalue weighted by Crippen LogP contribution is -1.89. The maximum Gasteiger partial charge on any atom is 0.0624 e. The van der Waals surface area contributed by atoms with Gasteiger partial charge < -0.3 is 4.18 Å². The van der Waals surface area contributed by atoms with Gasteiger partial charge in [0.1, 0.15) is 0 Å². The lowest BCUT2D eigenvalue weighted by Gasteiger charge is -2.05. The molecule has 1 aliphatic rings. The Morgan fingerprint density at radius 3 is 2.25 bits per heavy atom. The van der Waals surface area contributed by atoms with Gasteiger partial charge in [-0.2, -0.15) is 0 Å². The van der Waals surface area contributed by atoms with Crippen LogP contribution in [0.5, 0.6) is 0 Å². The first kappa shape index (κ1) is 10.7. The molecule has 0 N–H and O–H groups in total. The Kier molecular flexibility index (Phi) is 7.40. The summed E-state index contributed by atoms with van der Waals surface area (Å²) in [7, 11) is 1.86. The molecule has 0 aromatic carbocycles. The summed E-state index contributed by atoms with van der Waals surface area (Å²) in [5, 5.41) is 0. The van der Waals surface area contributed by atoms with Crippen molar-refractivity contribution in [1.82, 2.24) is 0 Å². The molecule has 0 amide bonds. The maximum absolute atomic E-state index is 5.39. The molecule has 1 heterocycles. The second kappa shape index (κ2) is 8.27. The molecule has 0 unspecified atom stereocenters. The molecular weight excluding hydrogens is 188 g/mol. The molecule has 1 fully saturated rings. The summed E-state index contributed by atoms with van der Waals surface area (Å²) in [6.07, 6.45) is 9.64. The smallest absolute Gasteiger partial charge is 0.0624 e. The van der Waals surface area contributed by atoms with Crippen LogP contribution in [0.15, 0.2) is 0 Å². The molecule has 0 atom stereocenters. The van der Waals surface area contributed by atoms with Crippen LogP contribution < -0.4 is 0 Å². The molecule has 0 aliphatic carbocycles. The third-order valence-electron chi connectivity index (χ3n) is 2.05. The van der Waals surface area contributed by atoms with E-state index in [-0.39, 0.29) is 0 Å². The van der Waals surface area contributed by atoms with Crippen molar-refractivity contribution in [1.29, 1.82) is 0 Å². The van der Waals surface area contributed by atoms with Crippen LogP contribution in [0.25, 0.3) is 0 Å². The first-order chi connectivity index (χ1) is 6.00. The second-order valence-electron chi connectivity index (χ2n) is 3.19. The molecule has 12 heavy (non-hydrogen) atoms. The maximum atomic E-state index is 5.39. The SMILES string of the molecule is C1CCCCOSSCCCC1. The predicted molar refractivity (Wildman–Crippen MR) is 58.3 cm³/mol. The summed E-state index contributed by atoms with van der Waals surface area (Å²) in [4.78, 5) is 0. The fraction of sp³-hybridized carbons (Fsp3) is 1.00. The largest absolute Gasteiger partial charge is 0.305 e. The van der Waals surface area contributed by atoms with Crippen molar-refractivity contribution in [2.75, 3.05) is 12.4 Å². The fourth-order valence-corrected chi connectivity index (χ4v) is 2.92. The zero-order valence-electron chi connectivity index (χ0n) is 7.59. The van der Waals surface area contributed by atoms with Crippen LogP contribution in [0.2, 0.25) is 0 Å². The third-order valence-corrected chi connectivity index (χ3v) is 3.94. The van der Waals surface area contributed by atoms with Crippen LogP contribution in [0, 0.1) is 0 Å². The Bertz CT molecular complexity index is 55.5. The zero-order chi connectivity index (χ0) is 8.49. The molecule has 0 saturated carbocycles. The first-order valence-corrected chi connectivity index (χ1v) is 7.15. The van der Waals surface area contributed by atoms with Gasteiger partial charge in [-0.15, -0.1) is 0 Å². The van der Waals surface area contributed by atoms with Crippen molar-refractivity contribution >= 4 is 21.9 Å². The van der Waals surface area contributed by atoms with E-state index in [1.165, 1.54) is 50.7 Å². The third kappa shape index (κ3) is 6.21. The van der Waals surface area contributed by atoms with Crippen LogP contribution in [0.3, 0.4) is 0 Å². The van der Waals surface area contributed by atoms with Gasteiger partial charge in [0, 0.05) is 5.75 Å². The van der Waals surface area contributed by atoms with Crippen molar-refractivity contribution in [2.24, 2.45) is 0 Å². The van der Waals surface area contributed by atoms with E-state index in [1.807, 2.05) is 10.8 Å². The Morgan fingerprint density at radius 1 is 0.750 bits per heavy atom. The highest BCUT2D eigenvalue weighted by Gasteiger charge is 1.96. The van der Waals surface area contributed by atoms with Crippen LogP contribution in [0.1, 0.15) is 44.9 Å². The van der Waals surface area contributed by atoms with E-state index in [4.69, 9.17) is 4.18 Å². The summed E-state index contributed by atoms with van der Waals surface area (Å²) in [5.74, 6) is 1.25. The van der Waals surface area contributed by atoms with Crippen LogP contribution in [-0.4, -0.2) is 12.4 Å². The number of rotatable bonds is 0. The van der Waals surface area contributed by atoms with Crippen molar-refractivity contribution in [3.63, 3.8) is 0 Å². The number of hydrogen-bond acceptors (Lipinski definition) is 3. The van der Waals surface area contributed by atoms with Gasteiger partial charge in [0.2, 0.25) is 0 Å². The van der Waals surface area contributed by atoms with Gasteiger partial charge in [-0.1, -0.05) is 42.9 Å². The quantitative estimate of drug-likeness (QED) is 0.437. The second-order valence-corrected chi connectivity index (χ2v) is 5.32. The van der Waals surface area contributed by atoms with Gasteiger partial charge in [-0.3, -0.25) is 0 Å². The predicted octanol–water partition coefficient (Wildman–Crippen LogP) is 4.04. The molecular formula is C9H18OS2. The topological polar surface area (TPSA) is 9.23 Å². The first-order valence-electron chi connectivity index (χ1n) is 4.91. The molecule has 1 saturated heterocycles. The molecule has 0 aromatic heterocycles. The average Bonchev–Trinajstić information content (AvgIpc) is 2.05. The van der Waals surface area contributed by atoms with Crippen molar-refractivity contribution < 1.29 is 4.18 Å². The lowest BCUT2D eigenvalue weighted by molar-refractivity contribution is 0.359. The van der Waals surface area contributed by atoms with Crippen molar-refractivity contribution in [3.05, 3.63) is 0 Å². The zero-order valence-corrected chi connectivity index (χ0v) is 9.22. The van der Waals surface area contributed by atoms with E-state index in [0.29, 0.717) is 0 Å². The van der Waals surface area contributed by atoms with Gasteiger partial charge in [0.05, 0.1) is 17.7 Å². The van der Waals surface area contributed by atoms with Gasteiger partial charge in [0.25, 0.3) is 0 Å². The van der Waals surface area contributed by atoms with E-state index in [1.54, 1.807) is 11.1 Å². The van der Waals surface area contributed by atoms with Crippen LogP contribution >= 0.6 is 21.9 Å². The average molecular weight is 206 g/mol. The van der Waals surface area contributed by atoms with E-state index in [9.17, 15) is 0 Å². The Balaban J connectivity index is 2.00. The van der Waals surface area contributed by atoms with Crippen molar-refractivity contribution in [2.45, 2.75) is 44.9 Å². The summed E-state index contributed by atoms with van der Waals surface area (Å²) in [6, 6.07) is 0. The van der Waals surface area contributed by atoms with Crippen LogP contribution in [-0.2, 0) is 4.18 Å². The van der Waals surface area contributed by atoms with Gasteiger partial charge in [0.15, 0.2) is 0 Å². The molecule has 72 valence electrons. The van der Waals surface area contributed by atoms with Gasteiger partial charge >= 0.3 is 0 Å². The Morgan fingerprint density at radius 2 is 1.42 bits per heavy atom. The Labute approximate surface area is 83.6 Å². The minimum atomic E-state index is 0.942. The molecule has 0 bridgehead atoms. The van der Waals surface area contributed by atoms with Crippen LogP contribution in [0.4, 0.5) is 0 Å². The summed E-state index contributed by atoms with van der Waals surface area (Å²) in [5.41, 5.74) is 0. The normalized spacial score (nSPS) is 24.0. The van der Waals surface area contributed by atoms with Gasteiger partial charge in [-0.05, 0) is 12.8 Å². The molecule has 0 radical (unpaired) electrons. The van der Waals surface area contributed by atoms with Gasteiger partial charge in [-0.25, -0.2) is 0 Å². The molecule has 1 aliphatic heterocycles. The monoisotopic (exact) mass is 206 g/mol. The standard InChI is InChI=1S/C9H18OS2/c1-2-4-6-8-10-12-11-9-7-5-3-1/h1-9H2. The summed E-state index contributed by atoms with van der Waals surface area (Å²) in [6.45, 7) is 0.942. The highest BCUT2D eigenvalue weighted by Crippen LogP contribution is 2.25. The highest BCUT2D eigenvalue weighted by atomic mass is 33.1. The lowest BCUT2D eigenvalue weighted by atomic mass is 10.1. The highest BCUT2D eigenvalue weighted by molar-refractivity contribution is 8.74. The van der Waals surface area contributed by atoms with E-state index in [0.717, 1.165) is 6.61 Å². The van der Waals surface area contributed by atoms with Crippen molar-refractivity contribution in [3.8, 4) is 0 Å². The molecule has 1 nitrogen and oxygen atoms in total. The molecule has 0 spiro atoms. The summed E-state index contributed by atoms with van der Waals surface area (Å²) < 4.78 is 5.39. The Hall–Kier alpha value is 0.660. The molecule has 0 aromatic rings. The minimum Gasteiger partial charge on any atom is -0.305 e. The summed E-state index contributed by atoms with van der Waals surface area (Å²) >= 11 is 1.58. The van der Waals surface area contributed by atoms with E-state index in [2.05, 4.69) is 0 Å². The fourth-order valence-electron chi connectivity index (χ4n) is 1.31.